The maximum absolute atomic E-state index is 10.7. The van der Waals surface area contributed by atoms with E-state index in [1.54, 1.807) is 0 Å². The first-order valence-electron chi connectivity index (χ1n) is 4.80. The monoisotopic (exact) mass is 259 g/mol. The number of imidazole rings is 1. The van der Waals surface area contributed by atoms with Crippen LogP contribution in [-0.2, 0) is 9.59 Å². The van der Waals surface area contributed by atoms with Crippen LogP contribution in [0, 0.1) is 0 Å². The Morgan fingerprint density at radius 1 is 1.53 bits per heavy atom. The minimum Gasteiger partial charge on any atom is -0.481 e. The van der Waals surface area contributed by atoms with Gasteiger partial charge in [0.15, 0.2) is 0 Å². The summed E-state index contributed by atoms with van der Waals surface area (Å²) < 4.78 is 0. The van der Waals surface area contributed by atoms with Gasteiger partial charge in [0, 0.05) is 17.6 Å². The second-order valence-corrected chi connectivity index (χ2v) is 4.61. The van der Waals surface area contributed by atoms with Gasteiger partial charge < -0.3 is 20.9 Å². The van der Waals surface area contributed by atoms with Crippen molar-refractivity contribution in [3.05, 3.63) is 18.2 Å². The lowest BCUT2D eigenvalue weighted by molar-refractivity contribution is -0.138. The van der Waals surface area contributed by atoms with Crippen LogP contribution < -0.4 is 5.73 Å². The average molecular weight is 259 g/mol. The number of nitrogens with zero attached hydrogens (tertiary/aromatic N) is 1. The molecule has 0 aliphatic heterocycles. The van der Waals surface area contributed by atoms with Gasteiger partial charge in [-0.1, -0.05) is 0 Å². The number of carboxylic acid groups (broad SMARTS) is 2. The normalized spacial score (nSPS) is 14.2. The first-order valence-corrected chi connectivity index (χ1v) is 5.85. The van der Waals surface area contributed by atoms with Gasteiger partial charge >= 0.3 is 11.9 Å². The quantitative estimate of drug-likeness (QED) is 0.545. The van der Waals surface area contributed by atoms with Crippen molar-refractivity contribution in [2.24, 2.45) is 5.73 Å². The maximum atomic E-state index is 10.7. The smallest absolute Gasteiger partial charge is 0.321 e. The predicted octanol–water partition coefficient (Wildman–Crippen LogP) is 0.0706. The molecule has 17 heavy (non-hydrogen) atoms. The second kappa shape index (κ2) is 6.26. The number of hydrogen-bond donors (Lipinski definition) is 4. The van der Waals surface area contributed by atoms with Crippen molar-refractivity contribution in [3.8, 4) is 0 Å². The van der Waals surface area contributed by atoms with Crippen molar-refractivity contribution in [1.82, 2.24) is 9.97 Å². The van der Waals surface area contributed by atoms with Crippen molar-refractivity contribution < 1.29 is 19.8 Å². The molecule has 0 saturated heterocycles. The standard InChI is InChI=1S/C9H13N3O4S/c10-5(9(15)16)3-17-7(1-8(13)14)6-2-11-4-12-6/h2,4-5,7H,1,3,10H2,(H,11,12)(H,13,14)(H,15,16). The third kappa shape index (κ3) is 4.45. The van der Waals surface area contributed by atoms with E-state index in [0.29, 0.717) is 5.69 Å². The highest BCUT2D eigenvalue weighted by Crippen LogP contribution is 2.30. The molecule has 0 aromatic carbocycles. The van der Waals surface area contributed by atoms with Crippen LogP contribution in [0.25, 0.3) is 0 Å². The van der Waals surface area contributed by atoms with Crippen LogP contribution in [0.1, 0.15) is 17.4 Å². The molecule has 8 heteroatoms. The summed E-state index contributed by atoms with van der Waals surface area (Å²) in [7, 11) is 0. The fourth-order valence-electron chi connectivity index (χ4n) is 1.15. The van der Waals surface area contributed by atoms with Gasteiger partial charge in [-0.25, -0.2) is 4.98 Å². The number of aromatic nitrogens is 2. The van der Waals surface area contributed by atoms with E-state index in [2.05, 4.69) is 9.97 Å². The molecule has 0 aliphatic carbocycles. The molecule has 0 saturated carbocycles. The second-order valence-electron chi connectivity index (χ2n) is 3.37. The number of H-pyrrole nitrogens is 1. The molecule has 0 radical (unpaired) electrons. The molecule has 2 unspecified atom stereocenters. The molecule has 2 atom stereocenters. The molecule has 0 amide bonds. The summed E-state index contributed by atoms with van der Waals surface area (Å²) in [5.41, 5.74) is 6.00. The summed E-state index contributed by atoms with van der Waals surface area (Å²) in [6.45, 7) is 0. The summed E-state index contributed by atoms with van der Waals surface area (Å²) in [5.74, 6) is -1.91. The van der Waals surface area contributed by atoms with E-state index < -0.39 is 18.0 Å². The highest BCUT2D eigenvalue weighted by molar-refractivity contribution is 7.99. The summed E-state index contributed by atoms with van der Waals surface area (Å²) >= 11 is 1.19. The molecular weight excluding hydrogens is 246 g/mol. The number of rotatable bonds is 7. The predicted molar refractivity (Wildman–Crippen MR) is 61.7 cm³/mol. The number of thioether (sulfide) groups is 1. The summed E-state index contributed by atoms with van der Waals surface area (Å²) in [4.78, 5) is 27.8. The topological polar surface area (TPSA) is 129 Å². The lowest BCUT2D eigenvalue weighted by Crippen LogP contribution is -2.32. The number of nitrogens with two attached hydrogens (primary N) is 1. The van der Waals surface area contributed by atoms with Gasteiger partial charge in [0.2, 0.25) is 0 Å². The van der Waals surface area contributed by atoms with Gasteiger partial charge in [-0.05, 0) is 0 Å². The highest BCUT2D eigenvalue weighted by Gasteiger charge is 2.20. The zero-order chi connectivity index (χ0) is 12.8. The Morgan fingerprint density at radius 2 is 2.24 bits per heavy atom. The van der Waals surface area contributed by atoms with E-state index in [0.717, 1.165) is 0 Å². The van der Waals surface area contributed by atoms with E-state index in [-0.39, 0.29) is 17.4 Å². The first-order chi connectivity index (χ1) is 8.00. The highest BCUT2D eigenvalue weighted by atomic mass is 32.2. The van der Waals surface area contributed by atoms with E-state index in [1.165, 1.54) is 24.3 Å². The van der Waals surface area contributed by atoms with Gasteiger partial charge in [0.1, 0.15) is 6.04 Å². The van der Waals surface area contributed by atoms with Crippen molar-refractivity contribution in [2.45, 2.75) is 17.7 Å². The molecule has 94 valence electrons. The van der Waals surface area contributed by atoms with Gasteiger partial charge in [-0.15, -0.1) is 11.8 Å². The number of hydrogen-bond acceptors (Lipinski definition) is 5. The van der Waals surface area contributed by atoms with Crippen molar-refractivity contribution in [3.63, 3.8) is 0 Å². The molecule has 1 aromatic rings. The Hall–Kier alpha value is -1.54. The number of carboxylic acids is 2. The lowest BCUT2D eigenvalue weighted by Gasteiger charge is -2.14. The van der Waals surface area contributed by atoms with Gasteiger partial charge in [0.25, 0.3) is 0 Å². The average Bonchev–Trinajstić information content (AvgIpc) is 2.76. The number of aliphatic carboxylic acids is 2. The van der Waals surface area contributed by atoms with Crippen LogP contribution >= 0.6 is 11.8 Å². The SMILES string of the molecule is NC(CSC(CC(=O)O)c1cnc[nH]1)C(=O)O. The van der Waals surface area contributed by atoms with Gasteiger partial charge in [0.05, 0.1) is 18.0 Å². The molecule has 7 nitrogen and oxygen atoms in total. The fourth-order valence-corrected chi connectivity index (χ4v) is 2.30. The fraction of sp³-hybridized carbons (Fsp3) is 0.444. The maximum Gasteiger partial charge on any atom is 0.321 e. The Balaban J connectivity index is 2.59. The van der Waals surface area contributed by atoms with Crippen molar-refractivity contribution in [2.75, 3.05) is 5.75 Å². The van der Waals surface area contributed by atoms with Crippen molar-refractivity contribution >= 4 is 23.7 Å². The minimum absolute atomic E-state index is 0.112. The molecule has 0 aliphatic rings. The van der Waals surface area contributed by atoms with Gasteiger partial charge in [-0.2, -0.15) is 0 Å². The van der Waals surface area contributed by atoms with Crippen LogP contribution in [-0.4, -0.2) is 43.9 Å². The van der Waals surface area contributed by atoms with Crippen LogP contribution in [0.15, 0.2) is 12.5 Å². The Kier molecular flexibility index (Phi) is 4.98. The summed E-state index contributed by atoms with van der Waals surface area (Å²) in [5, 5.41) is 17.0. The van der Waals surface area contributed by atoms with Crippen LogP contribution in [0.5, 0.6) is 0 Å². The first kappa shape index (κ1) is 13.5. The Labute approximate surface area is 101 Å². The number of carbonyl (C=O) groups is 2. The molecular formula is C9H13N3O4S. The third-order valence-corrected chi connectivity index (χ3v) is 3.39. The molecule has 0 fully saturated rings. The van der Waals surface area contributed by atoms with Crippen molar-refractivity contribution in [1.29, 1.82) is 0 Å². The minimum atomic E-state index is -1.10. The molecule has 1 heterocycles. The summed E-state index contributed by atoms with van der Waals surface area (Å²) in [6.07, 6.45) is 2.86. The number of nitrogens with one attached hydrogen (secondary N) is 1. The molecule has 1 rings (SSSR count). The zero-order valence-electron chi connectivity index (χ0n) is 8.87. The van der Waals surface area contributed by atoms with Gasteiger partial charge in [-0.3, -0.25) is 9.59 Å². The molecule has 0 spiro atoms. The Bertz CT molecular complexity index is 382. The summed E-state index contributed by atoms with van der Waals surface area (Å²) in [6, 6.07) is -1.00. The molecule has 0 bridgehead atoms. The number of aromatic amines is 1. The van der Waals surface area contributed by atoms with E-state index in [4.69, 9.17) is 15.9 Å². The van der Waals surface area contributed by atoms with Crippen LogP contribution in [0.2, 0.25) is 0 Å². The third-order valence-electron chi connectivity index (χ3n) is 2.02. The van der Waals surface area contributed by atoms with E-state index in [1.807, 2.05) is 0 Å². The molecule has 1 aromatic heterocycles. The lowest BCUT2D eigenvalue weighted by atomic mass is 10.2. The van der Waals surface area contributed by atoms with Crippen LogP contribution in [0.3, 0.4) is 0 Å². The van der Waals surface area contributed by atoms with E-state index >= 15 is 0 Å². The van der Waals surface area contributed by atoms with E-state index in [9.17, 15) is 9.59 Å². The Morgan fingerprint density at radius 3 is 2.71 bits per heavy atom. The molecule has 5 N–H and O–H groups in total. The zero-order valence-corrected chi connectivity index (χ0v) is 9.68. The van der Waals surface area contributed by atoms with Crippen LogP contribution in [0.4, 0.5) is 0 Å². The largest absolute Gasteiger partial charge is 0.481 e.